The first kappa shape index (κ1) is 15.0. The fourth-order valence-corrected chi connectivity index (χ4v) is 3.75. The van der Waals surface area contributed by atoms with Gasteiger partial charge >= 0.3 is 0 Å². The van der Waals surface area contributed by atoms with Crippen molar-refractivity contribution >= 4 is 0 Å². The standard InChI is InChI=1S/C16H32O/c1-5-14(6-2)11-15(17)16(12-13(3)4)9-7-8-10-16/h13-15,17H,5-12H2,1-4H3. The second-order valence-corrected chi connectivity index (χ2v) is 6.60. The van der Waals surface area contributed by atoms with E-state index in [4.69, 9.17) is 0 Å². The van der Waals surface area contributed by atoms with Crippen LogP contribution in [0.4, 0.5) is 0 Å². The second kappa shape index (κ2) is 6.78. The summed E-state index contributed by atoms with van der Waals surface area (Å²) in [6, 6.07) is 0. The quantitative estimate of drug-likeness (QED) is 0.679. The molecule has 1 N–H and O–H groups in total. The highest BCUT2D eigenvalue weighted by Crippen LogP contribution is 2.47. The topological polar surface area (TPSA) is 20.2 Å². The average molecular weight is 240 g/mol. The van der Waals surface area contributed by atoms with Crippen LogP contribution in [0.15, 0.2) is 0 Å². The van der Waals surface area contributed by atoms with Crippen molar-refractivity contribution < 1.29 is 5.11 Å². The van der Waals surface area contributed by atoms with E-state index in [1.54, 1.807) is 0 Å². The molecule has 1 aliphatic rings. The van der Waals surface area contributed by atoms with Crippen LogP contribution in [0.1, 0.15) is 79.1 Å². The minimum absolute atomic E-state index is 0.0581. The van der Waals surface area contributed by atoms with Gasteiger partial charge in [0.1, 0.15) is 0 Å². The van der Waals surface area contributed by atoms with E-state index in [1.165, 1.54) is 44.9 Å². The van der Waals surface area contributed by atoms with Crippen molar-refractivity contribution in [2.75, 3.05) is 0 Å². The largest absolute Gasteiger partial charge is 0.393 e. The fourth-order valence-electron chi connectivity index (χ4n) is 3.75. The summed E-state index contributed by atoms with van der Waals surface area (Å²) in [5.41, 5.74) is 0.261. The third kappa shape index (κ3) is 3.98. The molecule has 1 saturated carbocycles. The number of aliphatic hydroxyl groups excluding tert-OH is 1. The average Bonchev–Trinajstić information content (AvgIpc) is 2.74. The Kier molecular flexibility index (Phi) is 5.99. The Morgan fingerprint density at radius 2 is 1.59 bits per heavy atom. The molecule has 0 aromatic rings. The molecule has 1 atom stereocenters. The molecule has 0 aliphatic heterocycles. The van der Waals surface area contributed by atoms with Gasteiger partial charge in [0.15, 0.2) is 0 Å². The lowest BCUT2D eigenvalue weighted by Gasteiger charge is -2.37. The number of rotatable bonds is 7. The van der Waals surface area contributed by atoms with Crippen molar-refractivity contribution in [1.82, 2.24) is 0 Å². The van der Waals surface area contributed by atoms with Crippen molar-refractivity contribution in [3.05, 3.63) is 0 Å². The Balaban J connectivity index is 2.63. The molecular weight excluding hydrogens is 208 g/mol. The summed E-state index contributed by atoms with van der Waals surface area (Å²) in [6.07, 6.45) is 9.78. The number of hydrogen-bond donors (Lipinski definition) is 1. The minimum atomic E-state index is -0.0581. The van der Waals surface area contributed by atoms with Crippen LogP contribution < -0.4 is 0 Å². The lowest BCUT2D eigenvalue weighted by Crippen LogP contribution is -2.35. The van der Waals surface area contributed by atoms with Gasteiger partial charge in [0, 0.05) is 0 Å². The number of hydrogen-bond acceptors (Lipinski definition) is 1. The highest BCUT2D eigenvalue weighted by Gasteiger charge is 2.41. The smallest absolute Gasteiger partial charge is 0.0599 e. The molecular formula is C16H32O. The zero-order chi connectivity index (χ0) is 12.9. The first-order valence-corrected chi connectivity index (χ1v) is 7.72. The van der Waals surface area contributed by atoms with Crippen molar-refractivity contribution in [1.29, 1.82) is 0 Å². The zero-order valence-corrected chi connectivity index (χ0v) is 12.3. The van der Waals surface area contributed by atoms with Crippen molar-refractivity contribution in [3.63, 3.8) is 0 Å². The van der Waals surface area contributed by atoms with Gasteiger partial charge in [-0.2, -0.15) is 0 Å². The highest BCUT2D eigenvalue weighted by atomic mass is 16.3. The van der Waals surface area contributed by atoms with E-state index in [1.807, 2.05) is 0 Å². The zero-order valence-electron chi connectivity index (χ0n) is 12.3. The summed E-state index contributed by atoms with van der Waals surface area (Å²) in [7, 11) is 0. The van der Waals surface area contributed by atoms with Gasteiger partial charge in [-0.05, 0) is 42.9 Å². The van der Waals surface area contributed by atoms with E-state index in [9.17, 15) is 5.11 Å². The highest BCUT2D eigenvalue weighted by molar-refractivity contribution is 4.92. The Morgan fingerprint density at radius 3 is 2.00 bits per heavy atom. The van der Waals surface area contributed by atoms with Crippen LogP contribution in [0.25, 0.3) is 0 Å². The predicted octanol–water partition coefficient (Wildman–Crippen LogP) is 4.78. The molecule has 0 amide bonds. The summed E-state index contributed by atoms with van der Waals surface area (Å²) in [6.45, 7) is 9.10. The summed E-state index contributed by atoms with van der Waals surface area (Å²) in [5, 5.41) is 10.7. The van der Waals surface area contributed by atoms with Crippen LogP contribution in [0.2, 0.25) is 0 Å². The summed E-state index contributed by atoms with van der Waals surface area (Å²) >= 11 is 0. The third-order valence-electron chi connectivity index (χ3n) is 4.83. The predicted molar refractivity (Wildman–Crippen MR) is 75.1 cm³/mol. The van der Waals surface area contributed by atoms with Crippen LogP contribution >= 0.6 is 0 Å². The Hall–Kier alpha value is -0.0400. The van der Waals surface area contributed by atoms with Crippen LogP contribution in [-0.2, 0) is 0 Å². The van der Waals surface area contributed by atoms with Gasteiger partial charge in [-0.25, -0.2) is 0 Å². The summed E-state index contributed by atoms with van der Waals surface area (Å²) in [5.74, 6) is 1.43. The first-order valence-electron chi connectivity index (χ1n) is 7.72. The molecule has 1 rings (SSSR count). The van der Waals surface area contributed by atoms with Crippen molar-refractivity contribution in [2.24, 2.45) is 17.3 Å². The fraction of sp³-hybridized carbons (Fsp3) is 1.00. The van der Waals surface area contributed by atoms with Gasteiger partial charge in [0.05, 0.1) is 6.10 Å². The molecule has 1 aliphatic carbocycles. The van der Waals surface area contributed by atoms with Crippen LogP contribution in [0.5, 0.6) is 0 Å². The van der Waals surface area contributed by atoms with Gasteiger partial charge in [0.2, 0.25) is 0 Å². The maximum Gasteiger partial charge on any atom is 0.0599 e. The molecule has 17 heavy (non-hydrogen) atoms. The van der Waals surface area contributed by atoms with E-state index in [0.29, 0.717) is 5.92 Å². The SMILES string of the molecule is CCC(CC)CC(O)C1(CC(C)C)CCCC1. The molecule has 0 aromatic carbocycles. The van der Waals surface area contributed by atoms with Gasteiger partial charge < -0.3 is 5.11 Å². The molecule has 1 unspecified atom stereocenters. The molecule has 1 nitrogen and oxygen atoms in total. The van der Waals surface area contributed by atoms with Crippen molar-refractivity contribution in [2.45, 2.75) is 85.2 Å². The summed E-state index contributed by atoms with van der Waals surface area (Å²) < 4.78 is 0. The van der Waals surface area contributed by atoms with Crippen molar-refractivity contribution in [3.8, 4) is 0 Å². The maximum absolute atomic E-state index is 10.7. The maximum atomic E-state index is 10.7. The van der Waals surface area contributed by atoms with E-state index in [-0.39, 0.29) is 11.5 Å². The van der Waals surface area contributed by atoms with Crippen LogP contribution in [0, 0.1) is 17.3 Å². The Bertz CT molecular complexity index is 200. The molecule has 0 radical (unpaired) electrons. The molecule has 1 fully saturated rings. The van der Waals surface area contributed by atoms with Crippen LogP contribution in [-0.4, -0.2) is 11.2 Å². The van der Waals surface area contributed by atoms with E-state index >= 15 is 0 Å². The van der Waals surface area contributed by atoms with Gasteiger partial charge in [-0.15, -0.1) is 0 Å². The second-order valence-electron chi connectivity index (χ2n) is 6.60. The minimum Gasteiger partial charge on any atom is -0.393 e. The monoisotopic (exact) mass is 240 g/mol. The Labute approximate surface area is 108 Å². The van der Waals surface area contributed by atoms with E-state index in [2.05, 4.69) is 27.7 Å². The first-order chi connectivity index (χ1) is 8.04. The molecule has 102 valence electrons. The normalized spacial score (nSPS) is 21.4. The van der Waals surface area contributed by atoms with E-state index in [0.717, 1.165) is 12.3 Å². The van der Waals surface area contributed by atoms with Gasteiger partial charge in [-0.1, -0.05) is 53.4 Å². The molecule has 1 heteroatoms. The molecule has 0 spiro atoms. The lowest BCUT2D eigenvalue weighted by atomic mass is 9.71. The molecule has 0 saturated heterocycles. The number of aliphatic hydroxyl groups is 1. The van der Waals surface area contributed by atoms with Gasteiger partial charge in [-0.3, -0.25) is 0 Å². The van der Waals surface area contributed by atoms with Crippen LogP contribution in [0.3, 0.4) is 0 Å². The molecule has 0 aromatic heterocycles. The third-order valence-corrected chi connectivity index (χ3v) is 4.83. The molecule has 0 heterocycles. The van der Waals surface area contributed by atoms with Gasteiger partial charge in [0.25, 0.3) is 0 Å². The lowest BCUT2D eigenvalue weighted by molar-refractivity contribution is -0.00468. The van der Waals surface area contributed by atoms with E-state index < -0.39 is 0 Å². The Morgan fingerprint density at radius 1 is 1.06 bits per heavy atom. The molecule has 0 bridgehead atoms. The summed E-state index contributed by atoms with van der Waals surface area (Å²) in [4.78, 5) is 0.